The topological polar surface area (TPSA) is 156 Å². The summed E-state index contributed by atoms with van der Waals surface area (Å²) in [6.07, 6.45) is 0.515. The van der Waals surface area contributed by atoms with Gasteiger partial charge in [0.1, 0.15) is 29.9 Å². The Morgan fingerprint density at radius 1 is 1.48 bits per heavy atom. The summed E-state index contributed by atoms with van der Waals surface area (Å²) < 4.78 is 5.74. The lowest BCUT2D eigenvalue weighted by atomic mass is 9.94. The van der Waals surface area contributed by atoms with Gasteiger partial charge in [0, 0.05) is 17.7 Å². The van der Waals surface area contributed by atoms with Gasteiger partial charge in [-0.25, -0.2) is 9.78 Å². The van der Waals surface area contributed by atoms with E-state index >= 15 is 0 Å². The zero-order chi connectivity index (χ0) is 22.3. The Labute approximate surface area is 185 Å². The van der Waals surface area contributed by atoms with Crippen LogP contribution >= 0.6 is 23.1 Å². The Kier molecular flexibility index (Phi) is 5.90. The van der Waals surface area contributed by atoms with Crippen molar-refractivity contribution in [3.63, 3.8) is 0 Å². The van der Waals surface area contributed by atoms with E-state index in [0.29, 0.717) is 17.9 Å². The fourth-order valence-corrected chi connectivity index (χ4v) is 5.84. The van der Waals surface area contributed by atoms with E-state index < -0.39 is 29.2 Å². The average molecular weight is 468 g/mol. The monoisotopic (exact) mass is 467 g/mol. The SMILES string of the molecule is CO/N=C(\C(=O)N[C@@H]1C(=O)N2C(C(=O)O)=C([C@H]3OCC[C@H]3C)CS[C@H]12)c1csc(N)n1. The van der Waals surface area contributed by atoms with Gasteiger partial charge in [-0.1, -0.05) is 12.1 Å². The molecule has 2 amide bonds. The van der Waals surface area contributed by atoms with Gasteiger partial charge in [-0.15, -0.1) is 23.1 Å². The number of ether oxygens (including phenoxy) is 1. The largest absolute Gasteiger partial charge is 0.477 e. The number of thioether (sulfide) groups is 1. The van der Waals surface area contributed by atoms with Crippen LogP contribution in [0.15, 0.2) is 21.8 Å². The second-order valence-corrected chi connectivity index (χ2v) is 9.29. The highest BCUT2D eigenvalue weighted by atomic mass is 32.2. The van der Waals surface area contributed by atoms with Crippen LogP contribution < -0.4 is 11.1 Å². The van der Waals surface area contributed by atoms with Crippen molar-refractivity contribution in [3.05, 3.63) is 22.3 Å². The van der Waals surface area contributed by atoms with E-state index in [1.165, 1.54) is 23.8 Å². The number of aliphatic carboxylic acids is 1. The molecule has 0 saturated carbocycles. The van der Waals surface area contributed by atoms with Crippen molar-refractivity contribution in [1.82, 2.24) is 15.2 Å². The molecule has 1 aromatic heterocycles. The number of thiazole rings is 1. The van der Waals surface area contributed by atoms with Gasteiger partial charge < -0.3 is 25.7 Å². The molecule has 3 aliphatic heterocycles. The summed E-state index contributed by atoms with van der Waals surface area (Å²) in [6.45, 7) is 2.56. The number of hydrogen-bond acceptors (Lipinski definition) is 10. The third-order valence-corrected chi connectivity index (χ3v) is 7.36. The third-order valence-electron chi connectivity index (χ3n) is 5.38. The summed E-state index contributed by atoms with van der Waals surface area (Å²) in [5.41, 5.74) is 6.29. The predicted molar refractivity (Wildman–Crippen MR) is 113 cm³/mol. The molecule has 0 spiro atoms. The van der Waals surface area contributed by atoms with E-state index in [2.05, 4.69) is 15.5 Å². The maximum Gasteiger partial charge on any atom is 0.352 e. The number of nitrogens with two attached hydrogens (primary N) is 1. The zero-order valence-corrected chi connectivity index (χ0v) is 18.4. The maximum absolute atomic E-state index is 12.9. The number of nitrogens with zero attached hydrogens (tertiary/aromatic N) is 3. The highest BCUT2D eigenvalue weighted by Gasteiger charge is 2.55. The Hall–Kier alpha value is -2.64. The predicted octanol–water partition coefficient (Wildman–Crippen LogP) is 0.239. The maximum atomic E-state index is 12.9. The number of amides is 2. The number of rotatable bonds is 6. The van der Waals surface area contributed by atoms with Crippen LogP contribution in [0.2, 0.25) is 0 Å². The van der Waals surface area contributed by atoms with Gasteiger partial charge in [-0.2, -0.15) is 0 Å². The summed E-state index contributed by atoms with van der Waals surface area (Å²) >= 11 is 2.53. The number of anilines is 1. The summed E-state index contributed by atoms with van der Waals surface area (Å²) in [5, 5.41) is 17.4. The van der Waals surface area contributed by atoms with E-state index in [-0.39, 0.29) is 34.3 Å². The van der Waals surface area contributed by atoms with Gasteiger partial charge in [0.25, 0.3) is 11.8 Å². The van der Waals surface area contributed by atoms with Crippen LogP contribution in [0.1, 0.15) is 19.0 Å². The molecule has 4 atom stereocenters. The summed E-state index contributed by atoms with van der Waals surface area (Å²) in [5.74, 6) is -1.77. The van der Waals surface area contributed by atoms with Crippen molar-refractivity contribution < 1.29 is 29.1 Å². The number of fused-ring (bicyclic) bond motifs is 1. The third kappa shape index (κ3) is 3.77. The van der Waals surface area contributed by atoms with E-state index in [9.17, 15) is 19.5 Å². The Balaban J connectivity index is 1.54. The molecule has 2 saturated heterocycles. The molecule has 4 N–H and O–H groups in total. The first kappa shape index (κ1) is 21.6. The first-order valence-electron chi connectivity index (χ1n) is 9.49. The average Bonchev–Trinajstić information content (AvgIpc) is 3.36. The van der Waals surface area contributed by atoms with Crippen LogP contribution in [-0.4, -0.2) is 75.5 Å². The molecule has 11 nitrogen and oxygen atoms in total. The van der Waals surface area contributed by atoms with Crippen LogP contribution in [0, 0.1) is 5.92 Å². The quantitative estimate of drug-likeness (QED) is 0.303. The Morgan fingerprint density at radius 2 is 2.26 bits per heavy atom. The fourth-order valence-electron chi connectivity index (χ4n) is 3.90. The molecule has 0 radical (unpaired) electrons. The smallest absolute Gasteiger partial charge is 0.352 e. The van der Waals surface area contributed by atoms with Crippen LogP contribution in [0.3, 0.4) is 0 Å². The molecule has 3 aliphatic rings. The Bertz CT molecular complexity index is 992. The van der Waals surface area contributed by atoms with Gasteiger partial charge in [-0.05, 0) is 17.9 Å². The van der Waals surface area contributed by atoms with Gasteiger partial charge in [0.2, 0.25) is 0 Å². The van der Waals surface area contributed by atoms with E-state index in [1.54, 1.807) is 5.38 Å². The van der Waals surface area contributed by atoms with E-state index in [1.807, 2.05) is 6.92 Å². The van der Waals surface area contributed by atoms with Crippen LogP contribution in [0.4, 0.5) is 5.13 Å². The van der Waals surface area contributed by atoms with Gasteiger partial charge in [0.05, 0.1) is 6.10 Å². The van der Waals surface area contributed by atoms with Crippen LogP contribution in [0.5, 0.6) is 0 Å². The standard InChI is InChI=1S/C18H21N5O6S2/c1-7-3-4-29-13(7)8-5-30-16-11(15(25)23(16)12(8)17(26)27)21-14(24)10(22-28-2)9-6-31-18(19)20-9/h6-7,11,13,16H,3-5H2,1-2H3,(H2,19,20)(H,21,24)(H,26,27)/b22-10-/t7-,11-,13+,16-/m1/s1. The molecule has 4 heterocycles. The minimum atomic E-state index is -1.18. The first-order chi connectivity index (χ1) is 14.8. The molecule has 0 unspecified atom stereocenters. The highest BCUT2D eigenvalue weighted by molar-refractivity contribution is 8.00. The summed E-state index contributed by atoms with van der Waals surface area (Å²) in [4.78, 5) is 47.6. The van der Waals surface area contributed by atoms with Gasteiger partial charge in [0.15, 0.2) is 10.8 Å². The van der Waals surface area contributed by atoms with Crippen molar-refractivity contribution >= 4 is 51.7 Å². The van der Waals surface area contributed by atoms with E-state index in [0.717, 1.165) is 17.8 Å². The number of hydrogen-bond donors (Lipinski definition) is 3. The molecule has 166 valence electrons. The minimum absolute atomic E-state index is 0.0453. The van der Waals surface area contributed by atoms with Gasteiger partial charge in [-0.3, -0.25) is 14.5 Å². The van der Waals surface area contributed by atoms with Crippen LogP contribution in [0.25, 0.3) is 0 Å². The number of aromatic nitrogens is 1. The molecule has 0 bridgehead atoms. The molecule has 2 fully saturated rings. The number of oxime groups is 1. The fraction of sp³-hybridized carbons (Fsp3) is 0.500. The number of carbonyl (C=O) groups excluding carboxylic acids is 2. The summed E-state index contributed by atoms with van der Waals surface area (Å²) in [6, 6.07) is -0.895. The van der Waals surface area contributed by atoms with Crippen molar-refractivity contribution in [2.45, 2.75) is 30.9 Å². The lowest BCUT2D eigenvalue weighted by molar-refractivity contribution is -0.150. The summed E-state index contributed by atoms with van der Waals surface area (Å²) in [7, 11) is 1.29. The lowest BCUT2D eigenvalue weighted by Crippen LogP contribution is -2.71. The molecule has 4 rings (SSSR count). The number of nitrogens with one attached hydrogen (secondary N) is 1. The van der Waals surface area contributed by atoms with Crippen molar-refractivity contribution in [1.29, 1.82) is 0 Å². The highest BCUT2D eigenvalue weighted by Crippen LogP contribution is 2.43. The molecule has 1 aromatic rings. The number of carboxylic acid groups (broad SMARTS) is 1. The normalized spacial score (nSPS) is 28.3. The molecule has 13 heteroatoms. The van der Waals surface area contributed by atoms with Crippen molar-refractivity contribution in [3.8, 4) is 0 Å². The lowest BCUT2D eigenvalue weighted by Gasteiger charge is -2.50. The second kappa shape index (κ2) is 8.48. The van der Waals surface area contributed by atoms with Crippen molar-refractivity contribution in [2.75, 3.05) is 25.2 Å². The van der Waals surface area contributed by atoms with Crippen LogP contribution in [-0.2, 0) is 24.0 Å². The zero-order valence-electron chi connectivity index (χ0n) is 16.7. The Morgan fingerprint density at radius 3 is 2.84 bits per heavy atom. The second-order valence-electron chi connectivity index (χ2n) is 7.29. The van der Waals surface area contributed by atoms with Crippen molar-refractivity contribution in [2.24, 2.45) is 11.1 Å². The number of β-lactam (4-membered cyclic amide) rings is 1. The molecule has 31 heavy (non-hydrogen) atoms. The first-order valence-corrected chi connectivity index (χ1v) is 11.4. The van der Waals surface area contributed by atoms with Gasteiger partial charge >= 0.3 is 5.97 Å². The molecular formula is C18H21N5O6S2. The molecule has 0 aliphatic carbocycles. The molecular weight excluding hydrogens is 446 g/mol. The number of carbonyl (C=O) groups is 3. The van der Waals surface area contributed by atoms with E-state index in [4.69, 9.17) is 15.3 Å². The number of carboxylic acids is 1. The number of nitrogen functional groups attached to an aromatic ring is 1. The molecule has 0 aromatic carbocycles. The minimum Gasteiger partial charge on any atom is -0.477 e.